The molecular weight excluding hydrogens is 158 g/mol. The van der Waals surface area contributed by atoms with Crippen LogP contribution in [0.25, 0.3) is 0 Å². The maximum absolute atomic E-state index is 8.33. The van der Waals surface area contributed by atoms with E-state index >= 15 is 0 Å². The van der Waals surface area contributed by atoms with Crippen LogP contribution < -0.4 is 5.73 Å². The van der Waals surface area contributed by atoms with Gasteiger partial charge in [0.25, 0.3) is 0 Å². The standard InChI is InChI=1S/C7H11N3S/c8-2-1-7(9)10-3-5-11-6-4-10/h1H,3-6,9H2/b7-1+. The Balaban J connectivity index is 2.46. The van der Waals surface area contributed by atoms with E-state index in [4.69, 9.17) is 11.0 Å². The Morgan fingerprint density at radius 2 is 2.18 bits per heavy atom. The first-order valence-corrected chi connectivity index (χ1v) is 4.68. The molecule has 0 amide bonds. The van der Waals surface area contributed by atoms with E-state index in [1.807, 2.05) is 22.7 Å². The lowest BCUT2D eigenvalue weighted by atomic mass is 10.4. The van der Waals surface area contributed by atoms with Crippen LogP contribution in [0.2, 0.25) is 0 Å². The Labute approximate surface area is 70.8 Å². The predicted octanol–water partition coefficient (Wildman–Crippen LogP) is 0.359. The second-order valence-corrected chi connectivity index (χ2v) is 3.52. The van der Waals surface area contributed by atoms with Gasteiger partial charge in [0, 0.05) is 24.6 Å². The Bertz CT molecular complexity index is 188. The van der Waals surface area contributed by atoms with Gasteiger partial charge in [-0.25, -0.2) is 0 Å². The number of nitrogens with two attached hydrogens (primary N) is 1. The summed E-state index contributed by atoms with van der Waals surface area (Å²) in [6.07, 6.45) is 1.40. The minimum absolute atomic E-state index is 0.604. The summed E-state index contributed by atoms with van der Waals surface area (Å²) < 4.78 is 0. The van der Waals surface area contributed by atoms with Crippen LogP contribution in [-0.4, -0.2) is 29.5 Å². The summed E-state index contributed by atoms with van der Waals surface area (Å²) >= 11 is 1.93. The number of allylic oxidation sites excluding steroid dienone is 1. The van der Waals surface area contributed by atoms with E-state index in [1.165, 1.54) is 6.08 Å². The summed E-state index contributed by atoms with van der Waals surface area (Å²) in [6, 6.07) is 1.93. The van der Waals surface area contributed by atoms with E-state index in [0.717, 1.165) is 24.6 Å². The van der Waals surface area contributed by atoms with E-state index in [1.54, 1.807) is 0 Å². The molecule has 0 atom stereocenters. The summed E-state index contributed by atoms with van der Waals surface area (Å²) in [4.78, 5) is 2.04. The molecule has 0 spiro atoms. The Kier molecular flexibility index (Phi) is 3.12. The molecule has 0 saturated carbocycles. The fourth-order valence-electron chi connectivity index (χ4n) is 0.979. The van der Waals surface area contributed by atoms with E-state index in [-0.39, 0.29) is 0 Å². The summed E-state index contributed by atoms with van der Waals surface area (Å²) in [5.74, 6) is 2.83. The molecule has 1 rings (SSSR count). The molecule has 0 unspecified atom stereocenters. The molecule has 1 aliphatic rings. The van der Waals surface area contributed by atoms with Gasteiger partial charge in [-0.05, 0) is 0 Å². The van der Waals surface area contributed by atoms with Crippen LogP contribution in [0.5, 0.6) is 0 Å². The zero-order valence-electron chi connectivity index (χ0n) is 6.29. The third-order valence-electron chi connectivity index (χ3n) is 1.59. The van der Waals surface area contributed by atoms with Crippen molar-refractivity contribution in [1.82, 2.24) is 4.90 Å². The lowest BCUT2D eigenvalue weighted by Gasteiger charge is -2.27. The lowest BCUT2D eigenvalue weighted by Crippen LogP contribution is -2.35. The molecule has 1 fully saturated rings. The van der Waals surface area contributed by atoms with Gasteiger partial charge in [0.2, 0.25) is 0 Å². The van der Waals surface area contributed by atoms with Crippen molar-refractivity contribution in [2.45, 2.75) is 0 Å². The van der Waals surface area contributed by atoms with Gasteiger partial charge >= 0.3 is 0 Å². The molecule has 1 saturated heterocycles. The van der Waals surface area contributed by atoms with Crippen LogP contribution in [0.1, 0.15) is 0 Å². The normalized spacial score (nSPS) is 19.5. The number of rotatable bonds is 1. The van der Waals surface area contributed by atoms with Crippen molar-refractivity contribution < 1.29 is 0 Å². The van der Waals surface area contributed by atoms with Gasteiger partial charge in [-0.15, -0.1) is 0 Å². The van der Waals surface area contributed by atoms with Crippen LogP contribution in [0, 0.1) is 11.3 Å². The quantitative estimate of drug-likeness (QED) is 0.576. The molecule has 60 valence electrons. The molecule has 4 heteroatoms. The van der Waals surface area contributed by atoms with E-state index in [9.17, 15) is 0 Å². The van der Waals surface area contributed by atoms with Crippen molar-refractivity contribution in [3.63, 3.8) is 0 Å². The summed E-state index contributed by atoms with van der Waals surface area (Å²) in [5.41, 5.74) is 5.61. The minimum atomic E-state index is 0.604. The van der Waals surface area contributed by atoms with Gasteiger partial charge in [-0.3, -0.25) is 0 Å². The largest absolute Gasteiger partial charge is 0.385 e. The van der Waals surface area contributed by atoms with Gasteiger partial charge in [0.15, 0.2) is 0 Å². The molecular formula is C7H11N3S. The highest BCUT2D eigenvalue weighted by atomic mass is 32.2. The van der Waals surface area contributed by atoms with Gasteiger partial charge < -0.3 is 10.6 Å². The predicted molar refractivity (Wildman–Crippen MR) is 46.8 cm³/mol. The highest BCUT2D eigenvalue weighted by molar-refractivity contribution is 7.99. The third kappa shape index (κ3) is 2.35. The first kappa shape index (κ1) is 8.28. The molecule has 0 aromatic carbocycles. The van der Waals surface area contributed by atoms with Gasteiger partial charge in [0.1, 0.15) is 5.82 Å². The van der Waals surface area contributed by atoms with Crippen molar-refractivity contribution in [2.24, 2.45) is 5.73 Å². The number of hydrogen-bond donors (Lipinski definition) is 1. The average Bonchev–Trinajstić information content (AvgIpc) is 2.07. The highest BCUT2D eigenvalue weighted by Crippen LogP contribution is 2.11. The van der Waals surface area contributed by atoms with Crippen LogP contribution in [-0.2, 0) is 0 Å². The zero-order chi connectivity index (χ0) is 8.10. The smallest absolute Gasteiger partial charge is 0.109 e. The average molecular weight is 169 g/mol. The molecule has 3 nitrogen and oxygen atoms in total. The van der Waals surface area contributed by atoms with Crippen molar-refractivity contribution in [1.29, 1.82) is 5.26 Å². The van der Waals surface area contributed by atoms with Crippen molar-refractivity contribution in [3.8, 4) is 6.07 Å². The second-order valence-electron chi connectivity index (χ2n) is 2.30. The van der Waals surface area contributed by atoms with E-state index in [0.29, 0.717) is 5.82 Å². The molecule has 11 heavy (non-hydrogen) atoms. The highest BCUT2D eigenvalue weighted by Gasteiger charge is 2.10. The van der Waals surface area contributed by atoms with E-state index in [2.05, 4.69) is 0 Å². The maximum Gasteiger partial charge on any atom is 0.109 e. The number of nitriles is 1. The third-order valence-corrected chi connectivity index (χ3v) is 2.53. The zero-order valence-corrected chi connectivity index (χ0v) is 7.10. The summed E-state index contributed by atoms with van der Waals surface area (Å²) in [7, 11) is 0. The lowest BCUT2D eigenvalue weighted by molar-refractivity contribution is 0.377. The first-order chi connectivity index (χ1) is 5.34. The van der Waals surface area contributed by atoms with Crippen LogP contribution in [0.3, 0.4) is 0 Å². The van der Waals surface area contributed by atoms with Crippen molar-refractivity contribution in [3.05, 3.63) is 11.9 Å². The van der Waals surface area contributed by atoms with Crippen molar-refractivity contribution >= 4 is 11.8 Å². The molecule has 0 radical (unpaired) electrons. The van der Waals surface area contributed by atoms with Gasteiger partial charge in [0.05, 0.1) is 12.1 Å². The molecule has 0 aliphatic carbocycles. The molecule has 1 aliphatic heterocycles. The number of nitrogens with zero attached hydrogens (tertiary/aromatic N) is 2. The topological polar surface area (TPSA) is 53.1 Å². The number of thioether (sulfide) groups is 1. The molecule has 1 heterocycles. The van der Waals surface area contributed by atoms with Crippen molar-refractivity contribution in [2.75, 3.05) is 24.6 Å². The SMILES string of the molecule is N#C/C=C(\N)N1CCSCC1. The molecule has 0 aromatic rings. The fraction of sp³-hybridized carbons (Fsp3) is 0.571. The maximum atomic E-state index is 8.33. The minimum Gasteiger partial charge on any atom is -0.385 e. The summed E-state index contributed by atoms with van der Waals surface area (Å²) in [6.45, 7) is 1.93. The molecule has 2 N–H and O–H groups in total. The van der Waals surface area contributed by atoms with Crippen LogP contribution >= 0.6 is 11.8 Å². The number of hydrogen-bond acceptors (Lipinski definition) is 4. The summed E-state index contributed by atoms with van der Waals surface area (Å²) in [5, 5.41) is 8.33. The Hall–Kier alpha value is -0.820. The molecule has 0 bridgehead atoms. The Morgan fingerprint density at radius 3 is 2.73 bits per heavy atom. The monoisotopic (exact) mass is 169 g/mol. The van der Waals surface area contributed by atoms with E-state index < -0.39 is 0 Å². The molecule has 0 aromatic heterocycles. The van der Waals surface area contributed by atoms with Crippen LogP contribution in [0.15, 0.2) is 11.9 Å². The van der Waals surface area contributed by atoms with Crippen LogP contribution in [0.4, 0.5) is 0 Å². The first-order valence-electron chi connectivity index (χ1n) is 3.52. The fourth-order valence-corrected chi connectivity index (χ4v) is 1.88. The van der Waals surface area contributed by atoms with Gasteiger partial charge in [-0.2, -0.15) is 17.0 Å². The Morgan fingerprint density at radius 1 is 1.55 bits per heavy atom. The van der Waals surface area contributed by atoms with Gasteiger partial charge in [-0.1, -0.05) is 0 Å². The second kappa shape index (κ2) is 4.14.